The summed E-state index contributed by atoms with van der Waals surface area (Å²) < 4.78 is 12.2. The number of carbonyl (C=O) groups is 1. The zero-order valence-corrected chi connectivity index (χ0v) is 15.3. The molecule has 1 N–H and O–H groups in total. The predicted octanol–water partition coefficient (Wildman–Crippen LogP) is 3.55. The van der Waals surface area contributed by atoms with Gasteiger partial charge in [0.1, 0.15) is 25.1 Å². The highest BCUT2D eigenvalue weighted by Gasteiger charge is 2.10. The van der Waals surface area contributed by atoms with Gasteiger partial charge in [0.2, 0.25) is 5.91 Å². The van der Waals surface area contributed by atoms with Crippen molar-refractivity contribution in [2.45, 2.75) is 6.92 Å². The Kier molecular flexibility index (Phi) is 4.94. The Morgan fingerprint density at radius 3 is 2.64 bits per heavy atom. The molecule has 1 heterocycles. The molecule has 25 heavy (non-hydrogen) atoms. The van der Waals surface area contributed by atoms with E-state index in [-0.39, 0.29) is 5.91 Å². The number of methoxy groups -OCH3 is 1. The Hall–Kier alpha value is -2.54. The van der Waals surface area contributed by atoms with Crippen LogP contribution in [0.25, 0.3) is 10.9 Å². The fourth-order valence-corrected chi connectivity index (χ4v) is 2.78. The summed E-state index contributed by atoms with van der Waals surface area (Å²) in [5.74, 6) is 1.45. The summed E-state index contributed by atoms with van der Waals surface area (Å²) in [5, 5.41) is 3.53. The van der Waals surface area contributed by atoms with Crippen molar-refractivity contribution in [1.29, 1.82) is 0 Å². The molecule has 0 aliphatic carbocycles. The monoisotopic (exact) mass is 396 g/mol. The number of pyridine rings is 1. The molecule has 0 atom stereocenters. The molecular formula is C18H14BBrN2O3. The van der Waals surface area contributed by atoms with Crippen LogP contribution in [0.1, 0.15) is 6.92 Å². The van der Waals surface area contributed by atoms with Gasteiger partial charge in [-0.2, -0.15) is 0 Å². The second-order valence-corrected chi connectivity index (χ2v) is 6.30. The van der Waals surface area contributed by atoms with E-state index in [1.165, 1.54) is 6.92 Å². The number of amides is 1. The molecule has 0 aliphatic rings. The van der Waals surface area contributed by atoms with Crippen LogP contribution in [0.4, 0.5) is 5.69 Å². The third kappa shape index (κ3) is 4.11. The molecule has 0 aliphatic heterocycles. The first-order valence-corrected chi connectivity index (χ1v) is 8.24. The Morgan fingerprint density at radius 2 is 1.92 bits per heavy atom. The first-order chi connectivity index (χ1) is 11.9. The van der Waals surface area contributed by atoms with Gasteiger partial charge in [-0.1, -0.05) is 15.9 Å². The van der Waals surface area contributed by atoms with Gasteiger partial charge < -0.3 is 14.8 Å². The fourth-order valence-electron chi connectivity index (χ4n) is 2.42. The van der Waals surface area contributed by atoms with E-state index in [9.17, 15) is 4.79 Å². The van der Waals surface area contributed by atoms with Gasteiger partial charge in [-0.25, -0.2) is 0 Å². The van der Waals surface area contributed by atoms with Gasteiger partial charge in [0.25, 0.3) is 0 Å². The maximum Gasteiger partial charge on any atom is 0.221 e. The molecule has 2 radical (unpaired) electrons. The minimum Gasteiger partial charge on any atom is -0.497 e. The summed E-state index contributed by atoms with van der Waals surface area (Å²) in [7, 11) is 7.43. The third-order valence-electron chi connectivity index (χ3n) is 3.42. The number of hydrogen-bond donors (Lipinski definition) is 1. The van der Waals surface area contributed by atoms with Crippen molar-refractivity contribution >= 4 is 51.9 Å². The molecule has 0 saturated heterocycles. The molecule has 0 saturated carbocycles. The van der Waals surface area contributed by atoms with Crippen LogP contribution in [0.15, 0.2) is 46.9 Å². The Labute approximate surface area is 154 Å². The van der Waals surface area contributed by atoms with Gasteiger partial charge in [-0.15, -0.1) is 0 Å². The van der Waals surface area contributed by atoms with Gasteiger partial charge >= 0.3 is 0 Å². The number of fused-ring (bicyclic) bond motifs is 1. The molecule has 3 rings (SSSR count). The number of nitrogens with one attached hydrogen (secondary N) is 1. The van der Waals surface area contributed by atoms with Crippen LogP contribution in [0, 0.1) is 0 Å². The van der Waals surface area contributed by atoms with Crippen LogP contribution in [0.5, 0.6) is 17.2 Å². The van der Waals surface area contributed by atoms with Crippen molar-refractivity contribution in [1.82, 2.24) is 4.98 Å². The SMILES string of the molecule is [B]c1cc(Oc2cc(NC(C)=O)cc(OC)c2)c2cc(Br)ccc2n1. The van der Waals surface area contributed by atoms with Crippen molar-refractivity contribution < 1.29 is 14.3 Å². The molecule has 0 spiro atoms. The standard InChI is InChI=1S/C18H14BBrN2O3/c1-10(23)21-12-6-13(24-2)8-14(7-12)25-17-9-18(19)22-16-4-3-11(20)5-15(16)17/h3-9H,1-2H3,(H,21,23). The second kappa shape index (κ2) is 7.15. The summed E-state index contributed by atoms with van der Waals surface area (Å²) in [6.07, 6.45) is 0. The first kappa shape index (κ1) is 17.3. The van der Waals surface area contributed by atoms with Gasteiger partial charge in [0, 0.05) is 40.7 Å². The molecule has 0 unspecified atom stereocenters. The largest absolute Gasteiger partial charge is 0.497 e. The number of rotatable bonds is 4. The maximum absolute atomic E-state index is 11.3. The maximum atomic E-state index is 11.3. The molecule has 7 heteroatoms. The molecule has 1 amide bonds. The predicted molar refractivity (Wildman–Crippen MR) is 102 cm³/mol. The number of ether oxygens (including phenoxy) is 2. The van der Waals surface area contributed by atoms with E-state index in [1.807, 2.05) is 18.2 Å². The van der Waals surface area contributed by atoms with Crippen molar-refractivity contribution in [2.75, 3.05) is 12.4 Å². The zero-order valence-electron chi connectivity index (χ0n) is 13.7. The number of aromatic nitrogens is 1. The molecular weight excluding hydrogens is 383 g/mol. The van der Waals surface area contributed by atoms with Gasteiger partial charge in [-0.05, 0) is 29.9 Å². The Bertz CT molecular complexity index is 962. The molecule has 3 aromatic rings. The summed E-state index contributed by atoms with van der Waals surface area (Å²) in [6, 6.07) is 12.5. The summed E-state index contributed by atoms with van der Waals surface area (Å²) in [4.78, 5) is 15.6. The van der Waals surface area contributed by atoms with Crippen molar-refractivity contribution in [3.05, 3.63) is 46.9 Å². The molecule has 2 aromatic carbocycles. The minimum atomic E-state index is -0.179. The van der Waals surface area contributed by atoms with Crippen LogP contribution >= 0.6 is 15.9 Å². The van der Waals surface area contributed by atoms with Crippen molar-refractivity contribution in [2.24, 2.45) is 0 Å². The number of nitrogens with zero attached hydrogens (tertiary/aromatic N) is 1. The Balaban J connectivity index is 2.06. The smallest absolute Gasteiger partial charge is 0.221 e. The van der Waals surface area contributed by atoms with Crippen LogP contribution in [0.3, 0.4) is 0 Å². The van der Waals surface area contributed by atoms with Crippen molar-refractivity contribution in [3.8, 4) is 17.2 Å². The number of benzene rings is 2. The second-order valence-electron chi connectivity index (χ2n) is 5.39. The lowest BCUT2D eigenvalue weighted by Gasteiger charge is -2.13. The quantitative estimate of drug-likeness (QED) is 0.685. The van der Waals surface area contributed by atoms with Gasteiger partial charge in [0.05, 0.1) is 12.6 Å². The number of halogens is 1. The van der Waals surface area contributed by atoms with Crippen LogP contribution < -0.4 is 20.4 Å². The third-order valence-corrected chi connectivity index (χ3v) is 3.91. The van der Waals surface area contributed by atoms with Gasteiger partial charge in [-0.3, -0.25) is 9.78 Å². The van der Waals surface area contributed by atoms with E-state index in [1.54, 1.807) is 31.4 Å². The topological polar surface area (TPSA) is 60.5 Å². The molecule has 1 aromatic heterocycles. The molecule has 124 valence electrons. The molecule has 5 nitrogen and oxygen atoms in total. The Morgan fingerprint density at radius 1 is 1.16 bits per heavy atom. The molecule has 0 bridgehead atoms. The lowest BCUT2D eigenvalue weighted by Crippen LogP contribution is -2.08. The average Bonchev–Trinajstić information content (AvgIpc) is 2.54. The fraction of sp³-hybridized carbons (Fsp3) is 0.111. The first-order valence-electron chi connectivity index (χ1n) is 7.45. The summed E-state index contributed by atoms with van der Waals surface area (Å²) in [5.41, 5.74) is 1.66. The highest BCUT2D eigenvalue weighted by atomic mass is 79.9. The van der Waals surface area contributed by atoms with E-state index in [0.29, 0.717) is 28.5 Å². The normalized spacial score (nSPS) is 10.5. The van der Waals surface area contributed by atoms with E-state index < -0.39 is 0 Å². The van der Waals surface area contributed by atoms with E-state index in [4.69, 9.17) is 17.3 Å². The van der Waals surface area contributed by atoms with Crippen LogP contribution in [0.2, 0.25) is 0 Å². The number of carbonyl (C=O) groups excluding carboxylic acids is 1. The lowest BCUT2D eigenvalue weighted by atomic mass is 10.0. The lowest BCUT2D eigenvalue weighted by molar-refractivity contribution is -0.114. The minimum absolute atomic E-state index is 0.179. The number of hydrogen-bond acceptors (Lipinski definition) is 4. The van der Waals surface area contributed by atoms with Gasteiger partial charge in [0.15, 0.2) is 0 Å². The highest BCUT2D eigenvalue weighted by molar-refractivity contribution is 9.10. The van der Waals surface area contributed by atoms with Crippen molar-refractivity contribution in [3.63, 3.8) is 0 Å². The molecule has 0 fully saturated rings. The number of anilines is 1. The summed E-state index contributed by atoms with van der Waals surface area (Å²) >= 11 is 3.45. The van der Waals surface area contributed by atoms with E-state index in [0.717, 1.165) is 15.4 Å². The highest BCUT2D eigenvalue weighted by Crippen LogP contribution is 2.33. The van der Waals surface area contributed by atoms with Crippen LogP contribution in [-0.2, 0) is 4.79 Å². The average molecular weight is 397 g/mol. The zero-order chi connectivity index (χ0) is 18.0. The summed E-state index contributed by atoms with van der Waals surface area (Å²) in [6.45, 7) is 1.44. The van der Waals surface area contributed by atoms with Crippen LogP contribution in [-0.4, -0.2) is 25.8 Å². The van der Waals surface area contributed by atoms with E-state index >= 15 is 0 Å². The van der Waals surface area contributed by atoms with E-state index in [2.05, 4.69) is 26.2 Å².